The van der Waals surface area contributed by atoms with Crippen LogP contribution in [0.4, 0.5) is 0 Å². The zero-order valence-corrected chi connectivity index (χ0v) is 22.1. The van der Waals surface area contributed by atoms with Crippen LogP contribution >= 0.6 is 0 Å². The number of rotatable bonds is 15. The van der Waals surface area contributed by atoms with Crippen LogP contribution in [0.15, 0.2) is 12.2 Å². The second-order valence-electron chi connectivity index (χ2n) is 9.38. The van der Waals surface area contributed by atoms with Crippen molar-refractivity contribution in [3.05, 3.63) is 12.2 Å². The first-order valence-corrected chi connectivity index (χ1v) is 12.9. The van der Waals surface area contributed by atoms with Gasteiger partial charge in [0.2, 0.25) is 11.8 Å². The van der Waals surface area contributed by atoms with Crippen molar-refractivity contribution in [3.8, 4) is 0 Å². The van der Waals surface area contributed by atoms with Crippen molar-refractivity contribution in [2.24, 2.45) is 0 Å². The number of aliphatic carboxylic acids is 3. The summed E-state index contributed by atoms with van der Waals surface area (Å²) in [5.41, 5.74) is 0. The lowest BCUT2D eigenvalue weighted by Gasteiger charge is -2.30. The van der Waals surface area contributed by atoms with Gasteiger partial charge in [-0.05, 0) is 6.42 Å². The van der Waals surface area contributed by atoms with Crippen LogP contribution in [0.2, 0.25) is 0 Å². The van der Waals surface area contributed by atoms with Crippen LogP contribution in [-0.4, -0.2) is 154 Å². The van der Waals surface area contributed by atoms with Gasteiger partial charge in [0, 0.05) is 83.9 Å². The van der Waals surface area contributed by atoms with Crippen molar-refractivity contribution in [3.63, 3.8) is 0 Å². The molecule has 0 radical (unpaired) electrons. The maximum Gasteiger partial charge on any atom is 0.320 e. The average molecular weight is 569 g/mol. The standard InChI is InChI=1S/C24H36N6O10/c31-18(25-6-7-26-19(32)5-8-30-20(33)3-4-21(30)34)2-1-17(24(39)40)29-13-11-27(15-22(35)36)9-10-28(12-14-29)16-23(37)38/h3-4,17H,1-2,5-16H2,(H,25,31)(H,26,32)(H,35,36)(H,37,38)(H,39,40)/t17-/m1/s1. The van der Waals surface area contributed by atoms with Gasteiger partial charge in [0.1, 0.15) is 6.04 Å². The van der Waals surface area contributed by atoms with E-state index in [1.165, 1.54) is 0 Å². The van der Waals surface area contributed by atoms with E-state index in [0.29, 0.717) is 13.1 Å². The molecule has 0 bridgehead atoms. The molecule has 2 aliphatic heterocycles. The molecule has 0 aromatic heterocycles. The molecule has 40 heavy (non-hydrogen) atoms. The number of carboxylic acids is 3. The van der Waals surface area contributed by atoms with E-state index in [-0.39, 0.29) is 78.2 Å². The fourth-order valence-electron chi connectivity index (χ4n) is 4.34. The smallest absolute Gasteiger partial charge is 0.320 e. The summed E-state index contributed by atoms with van der Waals surface area (Å²) < 4.78 is 0. The SMILES string of the molecule is O=C(O)CN1CCN(CC(=O)O)CCN([C@H](CCC(=O)NCCNC(=O)CCN2C(=O)C=CC2=O)C(=O)O)CC1. The number of nitrogens with one attached hydrogen (secondary N) is 2. The largest absolute Gasteiger partial charge is 0.480 e. The van der Waals surface area contributed by atoms with E-state index < -0.39 is 47.6 Å². The van der Waals surface area contributed by atoms with E-state index in [1.54, 1.807) is 14.7 Å². The minimum atomic E-state index is -1.15. The Morgan fingerprint density at radius 2 is 1.18 bits per heavy atom. The molecule has 0 aromatic carbocycles. The number of carbonyl (C=O) groups excluding carboxylic acids is 4. The predicted molar refractivity (Wildman–Crippen MR) is 137 cm³/mol. The molecule has 0 aromatic rings. The zero-order chi connectivity index (χ0) is 29.7. The second-order valence-corrected chi connectivity index (χ2v) is 9.38. The van der Waals surface area contributed by atoms with Crippen LogP contribution in [-0.2, 0) is 33.6 Å². The second kappa shape index (κ2) is 16.3. The number of imide groups is 1. The van der Waals surface area contributed by atoms with Gasteiger partial charge in [-0.2, -0.15) is 0 Å². The lowest BCUT2D eigenvalue weighted by Crippen LogP contribution is -2.47. The molecule has 1 atom stereocenters. The summed E-state index contributed by atoms with van der Waals surface area (Å²) in [6.45, 7) is 1.20. The fourth-order valence-corrected chi connectivity index (χ4v) is 4.34. The van der Waals surface area contributed by atoms with Crippen LogP contribution in [0.5, 0.6) is 0 Å². The van der Waals surface area contributed by atoms with Gasteiger partial charge in [-0.3, -0.25) is 53.2 Å². The minimum absolute atomic E-state index is 0.0304. The molecule has 1 fully saturated rings. The number of carbonyl (C=O) groups is 7. The van der Waals surface area contributed by atoms with Gasteiger partial charge in [0.25, 0.3) is 11.8 Å². The maximum atomic E-state index is 12.3. The summed E-state index contributed by atoms with van der Waals surface area (Å²) in [7, 11) is 0. The van der Waals surface area contributed by atoms with E-state index in [4.69, 9.17) is 0 Å². The number of hydrogen-bond donors (Lipinski definition) is 5. The molecule has 0 unspecified atom stereocenters. The molecule has 1 saturated heterocycles. The molecular formula is C24H36N6O10. The van der Waals surface area contributed by atoms with Gasteiger partial charge >= 0.3 is 17.9 Å². The van der Waals surface area contributed by atoms with Crippen LogP contribution in [0.3, 0.4) is 0 Å². The summed E-state index contributed by atoms with van der Waals surface area (Å²) in [4.78, 5) is 87.5. The third kappa shape index (κ3) is 11.5. The summed E-state index contributed by atoms with van der Waals surface area (Å²) in [5.74, 6) is -5.05. The molecule has 4 amide bonds. The van der Waals surface area contributed by atoms with Crippen LogP contribution in [0, 0.1) is 0 Å². The van der Waals surface area contributed by atoms with E-state index >= 15 is 0 Å². The average Bonchev–Trinajstić information content (AvgIpc) is 3.23. The topological polar surface area (TPSA) is 217 Å². The summed E-state index contributed by atoms with van der Waals surface area (Å²) in [5, 5.41) is 33.4. The Bertz CT molecular complexity index is 957. The van der Waals surface area contributed by atoms with Crippen molar-refractivity contribution in [2.45, 2.75) is 25.3 Å². The number of amides is 4. The quantitative estimate of drug-likeness (QED) is 0.0975. The van der Waals surface area contributed by atoms with Crippen molar-refractivity contribution in [1.29, 1.82) is 0 Å². The van der Waals surface area contributed by atoms with Crippen molar-refractivity contribution in [1.82, 2.24) is 30.2 Å². The first kappa shape index (κ1) is 32.3. The Kier molecular flexibility index (Phi) is 13.1. The number of carboxylic acid groups (broad SMARTS) is 3. The van der Waals surface area contributed by atoms with Gasteiger partial charge in [0.05, 0.1) is 13.1 Å². The molecule has 222 valence electrons. The molecule has 16 nitrogen and oxygen atoms in total. The molecule has 0 aliphatic carbocycles. The molecule has 2 rings (SSSR count). The van der Waals surface area contributed by atoms with Crippen LogP contribution in [0.1, 0.15) is 19.3 Å². The first-order valence-electron chi connectivity index (χ1n) is 12.9. The van der Waals surface area contributed by atoms with E-state index in [9.17, 15) is 48.9 Å². The molecule has 16 heteroatoms. The molecule has 2 aliphatic rings. The Morgan fingerprint density at radius 3 is 1.62 bits per heavy atom. The van der Waals surface area contributed by atoms with Gasteiger partial charge < -0.3 is 26.0 Å². The van der Waals surface area contributed by atoms with Crippen LogP contribution < -0.4 is 10.6 Å². The van der Waals surface area contributed by atoms with E-state index in [2.05, 4.69) is 10.6 Å². The molecular weight excluding hydrogens is 532 g/mol. The number of hydrogen-bond acceptors (Lipinski definition) is 10. The third-order valence-electron chi connectivity index (χ3n) is 6.46. The van der Waals surface area contributed by atoms with Gasteiger partial charge in [-0.1, -0.05) is 0 Å². The highest BCUT2D eigenvalue weighted by atomic mass is 16.4. The molecule has 0 spiro atoms. The van der Waals surface area contributed by atoms with E-state index in [1.807, 2.05) is 0 Å². The maximum absolute atomic E-state index is 12.3. The zero-order valence-electron chi connectivity index (χ0n) is 22.1. The van der Waals surface area contributed by atoms with Crippen molar-refractivity contribution < 1.29 is 48.9 Å². The van der Waals surface area contributed by atoms with Crippen molar-refractivity contribution in [2.75, 3.05) is 72.0 Å². The summed E-state index contributed by atoms with van der Waals surface area (Å²) in [6.07, 6.45) is 2.02. The van der Waals surface area contributed by atoms with Gasteiger partial charge in [0.15, 0.2) is 0 Å². The van der Waals surface area contributed by atoms with Gasteiger partial charge in [-0.25, -0.2) is 0 Å². The lowest BCUT2D eigenvalue weighted by atomic mass is 10.1. The van der Waals surface area contributed by atoms with E-state index in [0.717, 1.165) is 17.1 Å². The van der Waals surface area contributed by atoms with Crippen molar-refractivity contribution >= 4 is 41.5 Å². The monoisotopic (exact) mass is 568 g/mol. The highest BCUT2D eigenvalue weighted by Crippen LogP contribution is 2.11. The summed E-state index contributed by atoms with van der Waals surface area (Å²) in [6, 6.07) is -1.05. The Labute approximate surface area is 230 Å². The highest BCUT2D eigenvalue weighted by Gasteiger charge is 2.29. The highest BCUT2D eigenvalue weighted by molar-refractivity contribution is 6.13. The Morgan fingerprint density at radius 1 is 0.725 bits per heavy atom. The number of nitrogens with zero attached hydrogens (tertiary/aromatic N) is 4. The molecule has 2 heterocycles. The predicted octanol–water partition coefficient (Wildman–Crippen LogP) is -3.14. The van der Waals surface area contributed by atoms with Crippen LogP contribution in [0.25, 0.3) is 0 Å². The fraction of sp³-hybridized carbons (Fsp3) is 0.625. The Balaban J connectivity index is 1.80. The van der Waals surface area contributed by atoms with Gasteiger partial charge in [-0.15, -0.1) is 0 Å². The lowest BCUT2D eigenvalue weighted by molar-refractivity contribution is -0.145. The normalized spacial score (nSPS) is 18.1. The first-order chi connectivity index (χ1) is 19.0. The summed E-state index contributed by atoms with van der Waals surface area (Å²) >= 11 is 0. The minimum Gasteiger partial charge on any atom is -0.480 e. The molecule has 5 N–H and O–H groups in total. The third-order valence-corrected chi connectivity index (χ3v) is 6.46. The molecule has 0 saturated carbocycles. The Hall–Kier alpha value is -3.89.